The quantitative estimate of drug-likeness (QED) is 0.491. The minimum absolute atomic E-state index is 0.681. The van der Waals surface area contributed by atoms with Crippen LogP contribution in [0, 0.1) is 52.3 Å². The Bertz CT molecular complexity index is 453. The molecule has 0 N–H and O–H groups in total. The van der Waals surface area contributed by atoms with Gasteiger partial charge in [0.05, 0.1) is 0 Å². The highest BCUT2D eigenvalue weighted by atomic mass is 14.7. The fourth-order valence-corrected chi connectivity index (χ4v) is 8.71. The van der Waals surface area contributed by atoms with Crippen LogP contribution in [0.3, 0.4) is 0 Å². The summed E-state index contributed by atoms with van der Waals surface area (Å²) in [5.74, 6) is 7.20. The average molecular weight is 317 g/mol. The van der Waals surface area contributed by atoms with Crippen LogP contribution in [0.5, 0.6) is 0 Å². The Morgan fingerprint density at radius 1 is 0.783 bits per heavy atom. The standard InChI is InChI=1S/C23H40/c1-6-17-7-8-19-18-14-16(3)21-13-15(2)9-11-23(21,5)20(18)10-12-22(17,19)4/h15-21H,6-14H2,1-5H3. The smallest absolute Gasteiger partial charge is 0.0264 e. The Labute approximate surface area is 145 Å². The molecule has 0 bridgehead atoms. The first kappa shape index (κ1) is 16.5. The van der Waals surface area contributed by atoms with Gasteiger partial charge in [-0.25, -0.2) is 0 Å². The highest BCUT2D eigenvalue weighted by Crippen LogP contribution is 2.68. The molecule has 4 aliphatic rings. The van der Waals surface area contributed by atoms with Crippen LogP contribution in [0.1, 0.15) is 92.4 Å². The van der Waals surface area contributed by atoms with Crippen molar-refractivity contribution in [2.75, 3.05) is 0 Å². The van der Waals surface area contributed by atoms with Gasteiger partial charge in [0.25, 0.3) is 0 Å². The molecular formula is C23H40. The molecule has 0 aromatic heterocycles. The van der Waals surface area contributed by atoms with Crippen molar-refractivity contribution in [1.82, 2.24) is 0 Å². The fraction of sp³-hybridized carbons (Fsp3) is 1.00. The third-order valence-corrected chi connectivity index (χ3v) is 9.98. The second-order valence-corrected chi connectivity index (χ2v) is 10.8. The first-order chi connectivity index (χ1) is 10.9. The topological polar surface area (TPSA) is 0 Å². The van der Waals surface area contributed by atoms with Crippen molar-refractivity contribution in [3.8, 4) is 0 Å². The van der Waals surface area contributed by atoms with Crippen molar-refractivity contribution in [3.63, 3.8) is 0 Å². The lowest BCUT2D eigenvalue weighted by molar-refractivity contribution is -0.138. The summed E-state index contributed by atoms with van der Waals surface area (Å²) in [6.45, 7) is 13.0. The second-order valence-electron chi connectivity index (χ2n) is 10.8. The molecule has 9 atom stereocenters. The van der Waals surface area contributed by atoms with Gasteiger partial charge in [-0.2, -0.15) is 0 Å². The van der Waals surface area contributed by atoms with Gasteiger partial charge < -0.3 is 0 Å². The third-order valence-electron chi connectivity index (χ3n) is 9.98. The lowest BCUT2D eigenvalue weighted by atomic mass is 9.42. The van der Waals surface area contributed by atoms with Gasteiger partial charge in [0, 0.05) is 0 Å². The molecule has 0 spiro atoms. The van der Waals surface area contributed by atoms with E-state index in [-0.39, 0.29) is 0 Å². The summed E-state index contributed by atoms with van der Waals surface area (Å²) in [6, 6.07) is 0. The van der Waals surface area contributed by atoms with Crippen LogP contribution in [0.4, 0.5) is 0 Å². The molecule has 0 aromatic carbocycles. The minimum Gasteiger partial charge on any atom is -0.0651 e. The Morgan fingerprint density at radius 3 is 2.22 bits per heavy atom. The van der Waals surface area contributed by atoms with Gasteiger partial charge in [-0.15, -0.1) is 0 Å². The van der Waals surface area contributed by atoms with Crippen molar-refractivity contribution < 1.29 is 0 Å². The lowest BCUT2D eigenvalue weighted by Gasteiger charge is -2.63. The number of rotatable bonds is 1. The molecule has 0 radical (unpaired) electrons. The third kappa shape index (κ3) is 2.22. The zero-order chi connectivity index (χ0) is 16.4. The molecule has 23 heavy (non-hydrogen) atoms. The highest BCUT2D eigenvalue weighted by Gasteiger charge is 2.60. The first-order valence-electron chi connectivity index (χ1n) is 10.9. The summed E-state index contributed by atoms with van der Waals surface area (Å²) < 4.78 is 0. The normalized spacial score (nSPS) is 59.1. The molecule has 0 heteroatoms. The van der Waals surface area contributed by atoms with Crippen LogP contribution < -0.4 is 0 Å². The van der Waals surface area contributed by atoms with Crippen LogP contribution in [-0.4, -0.2) is 0 Å². The van der Waals surface area contributed by atoms with E-state index in [0.717, 1.165) is 41.4 Å². The van der Waals surface area contributed by atoms with Crippen molar-refractivity contribution >= 4 is 0 Å². The van der Waals surface area contributed by atoms with Crippen molar-refractivity contribution in [2.24, 2.45) is 52.3 Å². The van der Waals surface area contributed by atoms with Crippen LogP contribution in [-0.2, 0) is 0 Å². The summed E-state index contributed by atoms with van der Waals surface area (Å²) in [5, 5.41) is 0. The molecule has 132 valence electrons. The van der Waals surface area contributed by atoms with Crippen molar-refractivity contribution in [3.05, 3.63) is 0 Å². The molecule has 0 aromatic rings. The molecule has 9 unspecified atom stereocenters. The largest absolute Gasteiger partial charge is 0.0651 e. The maximum absolute atomic E-state index is 2.73. The Balaban J connectivity index is 1.65. The number of fused-ring (bicyclic) bond motifs is 5. The monoisotopic (exact) mass is 316 g/mol. The van der Waals surface area contributed by atoms with E-state index in [0.29, 0.717) is 10.8 Å². The number of hydrogen-bond acceptors (Lipinski definition) is 0. The van der Waals surface area contributed by atoms with Crippen LogP contribution >= 0.6 is 0 Å². The predicted molar refractivity (Wildman–Crippen MR) is 99.2 cm³/mol. The molecule has 4 saturated carbocycles. The number of hydrogen-bond donors (Lipinski definition) is 0. The van der Waals surface area contributed by atoms with Crippen LogP contribution in [0.15, 0.2) is 0 Å². The molecule has 0 amide bonds. The van der Waals surface area contributed by atoms with E-state index in [4.69, 9.17) is 0 Å². The lowest BCUT2D eigenvalue weighted by Crippen LogP contribution is -2.55. The van der Waals surface area contributed by atoms with Crippen molar-refractivity contribution in [1.29, 1.82) is 0 Å². The summed E-state index contributed by atoms with van der Waals surface area (Å²) in [6.07, 6.45) is 13.7. The summed E-state index contributed by atoms with van der Waals surface area (Å²) in [4.78, 5) is 0. The van der Waals surface area contributed by atoms with Gasteiger partial charge in [0.2, 0.25) is 0 Å². The maximum atomic E-state index is 2.73. The second kappa shape index (κ2) is 5.50. The molecule has 4 aliphatic carbocycles. The zero-order valence-electron chi connectivity index (χ0n) is 16.4. The average Bonchev–Trinajstić information content (AvgIpc) is 2.86. The molecule has 0 saturated heterocycles. The SMILES string of the molecule is CCC1CCC2C3CC(C)C4CC(C)CCC4(C)C3CCC12C. The van der Waals surface area contributed by atoms with E-state index in [2.05, 4.69) is 34.6 Å². The van der Waals surface area contributed by atoms with Crippen molar-refractivity contribution in [2.45, 2.75) is 92.4 Å². The van der Waals surface area contributed by atoms with E-state index in [1.165, 1.54) is 32.1 Å². The summed E-state index contributed by atoms with van der Waals surface area (Å²) in [7, 11) is 0. The molecule has 0 nitrogen and oxygen atoms in total. The van der Waals surface area contributed by atoms with Gasteiger partial charge in [0.15, 0.2) is 0 Å². The Hall–Kier alpha value is 0. The molecule has 0 heterocycles. The zero-order valence-corrected chi connectivity index (χ0v) is 16.4. The van der Waals surface area contributed by atoms with Crippen LogP contribution in [0.25, 0.3) is 0 Å². The first-order valence-corrected chi connectivity index (χ1v) is 10.9. The molecule has 4 rings (SSSR count). The van der Waals surface area contributed by atoms with Gasteiger partial charge in [0.1, 0.15) is 0 Å². The molecule has 0 aliphatic heterocycles. The van der Waals surface area contributed by atoms with E-state index in [1.54, 1.807) is 25.7 Å². The predicted octanol–water partition coefficient (Wildman–Crippen LogP) is 6.94. The minimum atomic E-state index is 0.681. The van der Waals surface area contributed by atoms with E-state index < -0.39 is 0 Å². The molecular weight excluding hydrogens is 276 g/mol. The van der Waals surface area contributed by atoms with Gasteiger partial charge in [-0.3, -0.25) is 0 Å². The van der Waals surface area contributed by atoms with Gasteiger partial charge >= 0.3 is 0 Å². The Kier molecular flexibility index (Phi) is 3.94. The Morgan fingerprint density at radius 2 is 1.48 bits per heavy atom. The molecule has 4 fully saturated rings. The maximum Gasteiger partial charge on any atom is -0.0264 e. The van der Waals surface area contributed by atoms with E-state index in [1.807, 2.05) is 0 Å². The van der Waals surface area contributed by atoms with E-state index in [9.17, 15) is 0 Å². The van der Waals surface area contributed by atoms with E-state index >= 15 is 0 Å². The van der Waals surface area contributed by atoms with Gasteiger partial charge in [-0.1, -0.05) is 47.5 Å². The summed E-state index contributed by atoms with van der Waals surface area (Å²) in [5.41, 5.74) is 1.38. The van der Waals surface area contributed by atoms with Crippen LogP contribution in [0.2, 0.25) is 0 Å². The fourth-order valence-electron chi connectivity index (χ4n) is 8.71. The highest BCUT2D eigenvalue weighted by molar-refractivity contribution is 5.09. The van der Waals surface area contributed by atoms with Gasteiger partial charge in [-0.05, 0) is 97.2 Å². The summed E-state index contributed by atoms with van der Waals surface area (Å²) >= 11 is 0.